The van der Waals surface area contributed by atoms with Crippen LogP contribution in [0.4, 0.5) is 4.79 Å². The Morgan fingerprint density at radius 2 is 2.03 bits per heavy atom. The molecule has 164 valence electrons. The Kier molecular flexibility index (Phi) is 5.90. The summed E-state index contributed by atoms with van der Waals surface area (Å²) in [5.74, 6) is 0.0794. The number of benzene rings is 1. The lowest BCUT2D eigenvalue weighted by Crippen LogP contribution is -2.48. The zero-order valence-electron chi connectivity index (χ0n) is 17.6. The summed E-state index contributed by atoms with van der Waals surface area (Å²) in [6, 6.07) is 7.39. The van der Waals surface area contributed by atoms with Gasteiger partial charge in [-0.05, 0) is 49.7 Å². The van der Waals surface area contributed by atoms with E-state index in [0.717, 1.165) is 43.2 Å². The number of hydrogen-bond donors (Lipinski definition) is 1. The molecule has 0 saturated carbocycles. The Morgan fingerprint density at radius 1 is 1.23 bits per heavy atom. The molecule has 2 heterocycles. The molecule has 0 aromatic heterocycles. The molecule has 8 heteroatoms. The number of carbonyl (C=O) groups is 2. The Bertz CT molecular complexity index is 932. The van der Waals surface area contributed by atoms with E-state index < -0.39 is 15.4 Å². The van der Waals surface area contributed by atoms with Crippen LogP contribution in [0.2, 0.25) is 0 Å². The average molecular weight is 434 g/mol. The number of amides is 3. The van der Waals surface area contributed by atoms with E-state index in [1.54, 1.807) is 0 Å². The lowest BCUT2D eigenvalue weighted by Gasteiger charge is -2.32. The van der Waals surface area contributed by atoms with Crippen LogP contribution in [0, 0.1) is 0 Å². The fourth-order valence-corrected chi connectivity index (χ4v) is 6.84. The Labute approximate surface area is 178 Å². The number of rotatable bonds is 6. The third-order valence-electron chi connectivity index (χ3n) is 6.75. The number of nitrogens with zero attached hydrogens (tertiary/aromatic N) is 2. The zero-order valence-corrected chi connectivity index (χ0v) is 18.4. The van der Waals surface area contributed by atoms with Gasteiger partial charge in [-0.15, -0.1) is 0 Å². The van der Waals surface area contributed by atoms with E-state index in [1.807, 2.05) is 29.2 Å². The van der Waals surface area contributed by atoms with Gasteiger partial charge in [-0.1, -0.05) is 37.6 Å². The number of nitrogens with one attached hydrogen (secondary N) is 1. The van der Waals surface area contributed by atoms with Gasteiger partial charge >= 0.3 is 6.03 Å². The van der Waals surface area contributed by atoms with Crippen molar-refractivity contribution >= 4 is 21.8 Å². The molecule has 3 aliphatic rings. The van der Waals surface area contributed by atoms with Crippen LogP contribution in [0.15, 0.2) is 24.3 Å². The van der Waals surface area contributed by atoms with E-state index in [-0.39, 0.29) is 36.2 Å². The van der Waals surface area contributed by atoms with Crippen LogP contribution in [0.1, 0.15) is 56.6 Å². The minimum absolute atomic E-state index is 0.105. The van der Waals surface area contributed by atoms with Gasteiger partial charge in [0, 0.05) is 12.6 Å². The fourth-order valence-electron chi connectivity index (χ4n) is 5.08. The summed E-state index contributed by atoms with van der Waals surface area (Å²) < 4.78 is 24.0. The van der Waals surface area contributed by atoms with E-state index in [2.05, 4.69) is 12.2 Å². The van der Waals surface area contributed by atoms with E-state index >= 15 is 0 Å². The first-order chi connectivity index (χ1) is 14.4. The van der Waals surface area contributed by atoms with E-state index in [1.165, 1.54) is 4.90 Å². The molecule has 0 radical (unpaired) electrons. The molecule has 3 amide bonds. The van der Waals surface area contributed by atoms with Crippen molar-refractivity contribution in [2.24, 2.45) is 0 Å². The Balaban J connectivity index is 1.60. The molecule has 1 N–H and O–H groups in total. The summed E-state index contributed by atoms with van der Waals surface area (Å²) in [5.41, 5.74) is 1.03. The van der Waals surface area contributed by atoms with Crippen LogP contribution in [0.5, 0.6) is 0 Å². The standard InChI is InChI=1S/C22H31N3O4S/c1-2-3-13-24(18-11-14-30(28,29)15-18)16-25-20(26)22(23-21(25)27)12-7-6-9-17-8-4-5-10-19(17)22/h4-5,8,10,18H,2-3,6-7,9,11-16H2,1H3,(H,23,27). The van der Waals surface area contributed by atoms with E-state index in [0.29, 0.717) is 19.4 Å². The number of fused-ring (bicyclic) bond motifs is 2. The highest BCUT2D eigenvalue weighted by Gasteiger charge is 2.53. The zero-order chi connectivity index (χ0) is 21.4. The fraction of sp³-hybridized carbons (Fsp3) is 0.636. The molecule has 2 aliphatic heterocycles. The Hall–Kier alpha value is -1.93. The topological polar surface area (TPSA) is 86.8 Å². The van der Waals surface area contributed by atoms with Crippen molar-refractivity contribution in [1.82, 2.24) is 15.1 Å². The maximum atomic E-state index is 13.7. The highest BCUT2D eigenvalue weighted by atomic mass is 32.2. The Morgan fingerprint density at radius 3 is 2.77 bits per heavy atom. The smallest absolute Gasteiger partial charge is 0.319 e. The maximum Gasteiger partial charge on any atom is 0.326 e. The quantitative estimate of drug-likeness (QED) is 0.696. The first-order valence-electron chi connectivity index (χ1n) is 11.0. The van der Waals surface area contributed by atoms with Gasteiger partial charge in [0.2, 0.25) is 0 Å². The summed E-state index contributed by atoms with van der Waals surface area (Å²) in [6.45, 7) is 2.90. The summed E-state index contributed by atoms with van der Waals surface area (Å²) in [4.78, 5) is 30.0. The predicted molar refractivity (Wildman–Crippen MR) is 115 cm³/mol. The van der Waals surface area contributed by atoms with Gasteiger partial charge in [-0.2, -0.15) is 0 Å². The van der Waals surface area contributed by atoms with Gasteiger partial charge in [0.1, 0.15) is 5.54 Å². The first-order valence-corrected chi connectivity index (χ1v) is 12.9. The van der Waals surface area contributed by atoms with Crippen molar-refractivity contribution in [1.29, 1.82) is 0 Å². The minimum atomic E-state index is -3.04. The largest absolute Gasteiger partial charge is 0.326 e. The molecular formula is C22H31N3O4S. The third kappa shape index (κ3) is 3.87. The van der Waals surface area contributed by atoms with Crippen LogP contribution < -0.4 is 5.32 Å². The van der Waals surface area contributed by atoms with Crippen molar-refractivity contribution < 1.29 is 18.0 Å². The van der Waals surface area contributed by atoms with Crippen molar-refractivity contribution in [3.05, 3.63) is 35.4 Å². The number of unbranched alkanes of at least 4 members (excludes halogenated alkanes) is 1. The molecule has 2 atom stereocenters. The molecule has 4 rings (SSSR count). The van der Waals surface area contributed by atoms with Gasteiger partial charge in [-0.3, -0.25) is 9.69 Å². The van der Waals surface area contributed by atoms with Gasteiger partial charge in [0.25, 0.3) is 5.91 Å². The monoisotopic (exact) mass is 433 g/mol. The number of urea groups is 1. The lowest BCUT2D eigenvalue weighted by atomic mass is 9.84. The highest BCUT2D eigenvalue weighted by Crippen LogP contribution is 2.39. The van der Waals surface area contributed by atoms with Crippen LogP contribution in [0.25, 0.3) is 0 Å². The molecule has 2 fully saturated rings. The number of imide groups is 1. The van der Waals surface area contributed by atoms with Crippen molar-refractivity contribution in [2.45, 2.75) is 63.5 Å². The summed E-state index contributed by atoms with van der Waals surface area (Å²) in [6.07, 6.45) is 5.78. The second-order valence-electron chi connectivity index (χ2n) is 8.80. The molecule has 2 unspecified atom stereocenters. The minimum Gasteiger partial charge on any atom is -0.319 e. The highest BCUT2D eigenvalue weighted by molar-refractivity contribution is 7.91. The summed E-state index contributed by atoms with van der Waals surface area (Å²) in [5, 5.41) is 3.03. The molecule has 7 nitrogen and oxygen atoms in total. The molecule has 1 aliphatic carbocycles. The number of sulfone groups is 1. The summed E-state index contributed by atoms with van der Waals surface area (Å²) >= 11 is 0. The van der Waals surface area contributed by atoms with Crippen molar-refractivity contribution in [3.8, 4) is 0 Å². The first kappa shape index (κ1) is 21.3. The van der Waals surface area contributed by atoms with Crippen LogP contribution in [0.3, 0.4) is 0 Å². The van der Waals surface area contributed by atoms with Crippen molar-refractivity contribution in [2.75, 3.05) is 24.7 Å². The molecule has 1 aromatic rings. The number of hydrogen-bond acceptors (Lipinski definition) is 5. The van der Waals surface area contributed by atoms with Gasteiger partial charge in [-0.25, -0.2) is 18.1 Å². The molecule has 0 bridgehead atoms. The van der Waals surface area contributed by atoms with Gasteiger partial charge in [0.05, 0.1) is 18.2 Å². The second kappa shape index (κ2) is 8.30. The van der Waals surface area contributed by atoms with Gasteiger partial charge < -0.3 is 5.32 Å². The van der Waals surface area contributed by atoms with E-state index in [9.17, 15) is 18.0 Å². The molecule has 30 heavy (non-hydrogen) atoms. The van der Waals surface area contributed by atoms with E-state index in [4.69, 9.17) is 0 Å². The predicted octanol–water partition coefficient (Wildman–Crippen LogP) is 2.41. The van der Waals surface area contributed by atoms with Crippen LogP contribution >= 0.6 is 0 Å². The molecule has 1 aromatic carbocycles. The lowest BCUT2D eigenvalue weighted by molar-refractivity contribution is -0.133. The van der Waals surface area contributed by atoms with Gasteiger partial charge in [0.15, 0.2) is 9.84 Å². The second-order valence-corrected chi connectivity index (χ2v) is 11.0. The third-order valence-corrected chi connectivity index (χ3v) is 8.50. The molecular weight excluding hydrogens is 402 g/mol. The molecule has 2 saturated heterocycles. The number of carbonyl (C=O) groups excluding carboxylic acids is 2. The average Bonchev–Trinajstić information content (AvgIpc) is 3.11. The van der Waals surface area contributed by atoms with Crippen LogP contribution in [-0.2, 0) is 26.6 Å². The van der Waals surface area contributed by atoms with Crippen molar-refractivity contribution in [3.63, 3.8) is 0 Å². The molecule has 1 spiro atoms. The maximum absolute atomic E-state index is 13.7. The number of aryl methyl sites for hydroxylation is 1. The SMILES string of the molecule is CCCCN(CN1C(=O)NC2(CCCCc3ccccc32)C1=O)C1CCS(=O)(=O)C1. The van der Waals surface area contributed by atoms with Crippen LogP contribution in [-0.4, -0.2) is 60.9 Å². The normalized spacial score (nSPS) is 28.1. The summed E-state index contributed by atoms with van der Waals surface area (Å²) in [7, 11) is -3.04.